The van der Waals surface area contributed by atoms with Crippen LogP contribution in [0.25, 0.3) is 10.8 Å². The highest BCUT2D eigenvalue weighted by atomic mass is 16.5. The van der Waals surface area contributed by atoms with Gasteiger partial charge in [0.15, 0.2) is 6.61 Å². The molecule has 0 atom stereocenters. The minimum absolute atomic E-state index is 0.113. The van der Waals surface area contributed by atoms with Crippen LogP contribution in [0.4, 0.5) is 11.4 Å². The van der Waals surface area contributed by atoms with Gasteiger partial charge in [-0.25, -0.2) is 0 Å². The molecule has 4 aromatic rings. The zero-order valence-electron chi connectivity index (χ0n) is 18.2. The molecule has 0 saturated carbocycles. The van der Waals surface area contributed by atoms with Gasteiger partial charge < -0.3 is 20.1 Å². The third-order valence-corrected chi connectivity index (χ3v) is 4.94. The molecule has 0 fully saturated rings. The Bertz CT molecular complexity index is 1250. The zero-order chi connectivity index (χ0) is 23.0. The van der Waals surface area contributed by atoms with Gasteiger partial charge in [-0.05, 0) is 78.4 Å². The summed E-state index contributed by atoms with van der Waals surface area (Å²) in [4.78, 5) is 24.7. The van der Waals surface area contributed by atoms with Crippen molar-refractivity contribution in [2.75, 3.05) is 23.8 Å². The number of ether oxygens (including phenoxy) is 2. The van der Waals surface area contributed by atoms with Gasteiger partial charge in [-0.3, -0.25) is 9.59 Å². The van der Waals surface area contributed by atoms with E-state index in [0.29, 0.717) is 29.3 Å². The van der Waals surface area contributed by atoms with E-state index in [9.17, 15) is 9.59 Å². The van der Waals surface area contributed by atoms with Gasteiger partial charge in [0.1, 0.15) is 11.5 Å². The second-order valence-corrected chi connectivity index (χ2v) is 7.33. The van der Waals surface area contributed by atoms with Gasteiger partial charge in [0.05, 0.1) is 6.61 Å². The summed E-state index contributed by atoms with van der Waals surface area (Å²) in [6, 6.07) is 27.5. The first-order chi connectivity index (χ1) is 16.1. The van der Waals surface area contributed by atoms with E-state index in [1.165, 1.54) is 0 Å². The normalized spacial score (nSPS) is 10.5. The summed E-state index contributed by atoms with van der Waals surface area (Å²) in [6.07, 6.45) is 0. The molecule has 33 heavy (non-hydrogen) atoms. The lowest BCUT2D eigenvalue weighted by Gasteiger charge is -2.10. The van der Waals surface area contributed by atoms with Crippen molar-refractivity contribution in [3.8, 4) is 11.5 Å². The van der Waals surface area contributed by atoms with Crippen LogP contribution in [0.15, 0.2) is 91.0 Å². The lowest BCUT2D eigenvalue weighted by atomic mass is 10.1. The van der Waals surface area contributed by atoms with Crippen molar-refractivity contribution in [3.05, 3.63) is 96.6 Å². The standard InChI is InChI=1S/C27H24N2O4/c1-2-32-24-15-12-23(13-16-24)29-27(31)20-7-10-22(11-8-20)28-26(30)18-33-25-14-9-19-5-3-4-6-21(19)17-25/h3-17H,2,18H2,1H3,(H,28,30)(H,29,31). The van der Waals surface area contributed by atoms with E-state index in [0.717, 1.165) is 16.5 Å². The van der Waals surface area contributed by atoms with Crippen LogP contribution < -0.4 is 20.1 Å². The van der Waals surface area contributed by atoms with Crippen molar-refractivity contribution >= 4 is 34.0 Å². The topological polar surface area (TPSA) is 76.7 Å². The maximum Gasteiger partial charge on any atom is 0.262 e. The van der Waals surface area contributed by atoms with Gasteiger partial charge in [0.2, 0.25) is 0 Å². The first-order valence-corrected chi connectivity index (χ1v) is 10.7. The molecule has 0 aliphatic heterocycles. The van der Waals surface area contributed by atoms with E-state index in [4.69, 9.17) is 9.47 Å². The van der Waals surface area contributed by atoms with Crippen LogP contribution in [0.1, 0.15) is 17.3 Å². The summed E-state index contributed by atoms with van der Waals surface area (Å²) in [7, 11) is 0. The van der Waals surface area contributed by atoms with Crippen molar-refractivity contribution < 1.29 is 19.1 Å². The molecule has 2 amide bonds. The number of carbonyl (C=O) groups excluding carboxylic acids is 2. The number of hydrogen-bond donors (Lipinski definition) is 2. The molecule has 4 aromatic carbocycles. The van der Waals surface area contributed by atoms with Crippen molar-refractivity contribution in [1.82, 2.24) is 0 Å². The Morgan fingerprint density at radius 3 is 2.06 bits per heavy atom. The van der Waals surface area contributed by atoms with Crippen LogP contribution in [0.5, 0.6) is 11.5 Å². The highest BCUT2D eigenvalue weighted by Gasteiger charge is 2.08. The van der Waals surface area contributed by atoms with Crippen molar-refractivity contribution in [2.24, 2.45) is 0 Å². The zero-order valence-corrected chi connectivity index (χ0v) is 18.2. The van der Waals surface area contributed by atoms with Crippen LogP contribution in [0.3, 0.4) is 0 Å². The first-order valence-electron chi connectivity index (χ1n) is 10.7. The number of rotatable bonds is 8. The summed E-state index contributed by atoms with van der Waals surface area (Å²) in [5.41, 5.74) is 1.74. The van der Waals surface area contributed by atoms with Gasteiger partial charge in [0, 0.05) is 16.9 Å². The second-order valence-electron chi connectivity index (χ2n) is 7.33. The van der Waals surface area contributed by atoms with Crippen LogP contribution in [0, 0.1) is 0 Å². The molecular weight excluding hydrogens is 416 g/mol. The molecule has 0 unspecified atom stereocenters. The van der Waals surface area contributed by atoms with Crippen LogP contribution >= 0.6 is 0 Å². The van der Waals surface area contributed by atoms with Crippen LogP contribution in [0.2, 0.25) is 0 Å². The smallest absolute Gasteiger partial charge is 0.262 e. The van der Waals surface area contributed by atoms with Crippen molar-refractivity contribution in [3.63, 3.8) is 0 Å². The molecule has 0 saturated heterocycles. The SMILES string of the molecule is CCOc1ccc(NC(=O)c2ccc(NC(=O)COc3ccc4ccccc4c3)cc2)cc1. The molecule has 0 radical (unpaired) electrons. The lowest BCUT2D eigenvalue weighted by molar-refractivity contribution is -0.118. The Morgan fingerprint density at radius 1 is 0.697 bits per heavy atom. The van der Waals surface area contributed by atoms with E-state index in [2.05, 4.69) is 10.6 Å². The number of benzene rings is 4. The Morgan fingerprint density at radius 2 is 1.33 bits per heavy atom. The monoisotopic (exact) mass is 440 g/mol. The molecule has 4 rings (SSSR count). The van der Waals surface area contributed by atoms with Crippen LogP contribution in [-0.4, -0.2) is 25.0 Å². The van der Waals surface area contributed by atoms with Gasteiger partial charge in [-0.15, -0.1) is 0 Å². The number of amides is 2. The fourth-order valence-electron chi connectivity index (χ4n) is 3.31. The fraction of sp³-hybridized carbons (Fsp3) is 0.111. The van der Waals surface area contributed by atoms with Crippen molar-refractivity contribution in [1.29, 1.82) is 0 Å². The van der Waals surface area contributed by atoms with E-state index < -0.39 is 0 Å². The number of hydrogen-bond acceptors (Lipinski definition) is 4. The number of fused-ring (bicyclic) bond motifs is 1. The van der Waals surface area contributed by atoms with E-state index in [1.807, 2.05) is 49.4 Å². The average molecular weight is 440 g/mol. The van der Waals surface area contributed by atoms with E-state index >= 15 is 0 Å². The third-order valence-electron chi connectivity index (χ3n) is 4.94. The fourth-order valence-corrected chi connectivity index (χ4v) is 3.31. The Kier molecular flexibility index (Phi) is 6.85. The average Bonchev–Trinajstić information content (AvgIpc) is 2.84. The molecule has 0 heterocycles. The van der Waals surface area contributed by atoms with Gasteiger partial charge >= 0.3 is 0 Å². The lowest BCUT2D eigenvalue weighted by Crippen LogP contribution is -2.20. The minimum Gasteiger partial charge on any atom is -0.494 e. The van der Waals surface area contributed by atoms with Gasteiger partial charge in [0.25, 0.3) is 11.8 Å². The van der Waals surface area contributed by atoms with Gasteiger partial charge in [-0.2, -0.15) is 0 Å². The Hall–Kier alpha value is -4.32. The van der Waals surface area contributed by atoms with Gasteiger partial charge in [-0.1, -0.05) is 30.3 Å². The maximum absolute atomic E-state index is 12.5. The largest absolute Gasteiger partial charge is 0.494 e. The molecule has 6 heteroatoms. The highest BCUT2D eigenvalue weighted by Crippen LogP contribution is 2.21. The molecule has 0 aliphatic carbocycles. The molecule has 0 bridgehead atoms. The minimum atomic E-state index is -0.283. The Balaban J connectivity index is 1.29. The van der Waals surface area contributed by atoms with E-state index in [-0.39, 0.29) is 18.4 Å². The molecule has 0 aromatic heterocycles. The summed E-state index contributed by atoms with van der Waals surface area (Å²) >= 11 is 0. The molecule has 2 N–H and O–H groups in total. The number of anilines is 2. The predicted molar refractivity (Wildman–Crippen MR) is 130 cm³/mol. The Labute approximate surface area is 192 Å². The first kappa shape index (κ1) is 21.9. The molecule has 6 nitrogen and oxygen atoms in total. The number of carbonyl (C=O) groups is 2. The highest BCUT2D eigenvalue weighted by molar-refractivity contribution is 6.04. The van der Waals surface area contributed by atoms with E-state index in [1.54, 1.807) is 48.5 Å². The van der Waals surface area contributed by atoms with Crippen molar-refractivity contribution in [2.45, 2.75) is 6.92 Å². The second kappa shape index (κ2) is 10.3. The third kappa shape index (κ3) is 5.89. The quantitative estimate of drug-likeness (QED) is 0.379. The summed E-state index contributed by atoms with van der Waals surface area (Å²) in [5.74, 6) is 0.858. The summed E-state index contributed by atoms with van der Waals surface area (Å²) in [5, 5.41) is 7.77. The molecule has 0 aliphatic rings. The number of nitrogens with one attached hydrogen (secondary N) is 2. The molecule has 0 spiro atoms. The predicted octanol–water partition coefficient (Wildman–Crippen LogP) is 5.51. The summed E-state index contributed by atoms with van der Waals surface area (Å²) in [6.45, 7) is 2.39. The summed E-state index contributed by atoms with van der Waals surface area (Å²) < 4.78 is 11.0. The van der Waals surface area contributed by atoms with Crippen LogP contribution in [-0.2, 0) is 4.79 Å². The molecular formula is C27H24N2O4. The molecule has 166 valence electrons. The maximum atomic E-state index is 12.5.